The molecule has 7 heteroatoms. The summed E-state index contributed by atoms with van der Waals surface area (Å²) in [7, 11) is 0. The van der Waals surface area contributed by atoms with Gasteiger partial charge in [0.15, 0.2) is 5.69 Å². The van der Waals surface area contributed by atoms with E-state index in [9.17, 15) is 4.79 Å². The number of carbonyl (C=O) groups is 1. The average molecular weight is 380 g/mol. The molecule has 1 N–H and O–H groups in total. The van der Waals surface area contributed by atoms with Gasteiger partial charge in [-0.25, -0.2) is 4.98 Å². The van der Waals surface area contributed by atoms with Crippen molar-refractivity contribution < 1.29 is 4.79 Å². The Labute approximate surface area is 166 Å². The molecule has 0 radical (unpaired) electrons. The van der Waals surface area contributed by atoms with E-state index < -0.39 is 0 Å². The van der Waals surface area contributed by atoms with Crippen molar-refractivity contribution in [1.29, 1.82) is 0 Å². The zero-order chi connectivity index (χ0) is 19.6. The maximum Gasteiger partial charge on any atom is 0.277 e. The average Bonchev–Trinajstić information content (AvgIpc) is 3.42. The van der Waals surface area contributed by atoms with Gasteiger partial charge < -0.3 is 9.72 Å². The van der Waals surface area contributed by atoms with Gasteiger partial charge in [-0.3, -0.25) is 4.79 Å². The van der Waals surface area contributed by atoms with Gasteiger partial charge in [0.05, 0.1) is 17.6 Å². The number of nitrogens with zero attached hydrogens (tertiary/aromatic N) is 5. The summed E-state index contributed by atoms with van der Waals surface area (Å²) in [6, 6.07) is 22.9. The van der Waals surface area contributed by atoms with E-state index in [1.807, 2.05) is 89.6 Å². The standard InChI is InChI=1S/C22H16N6O/c29-22(19-14-23-28(26-19)18-9-2-1-3-10-18)24-17-8-6-7-16(13-17)20-15-27-12-5-4-11-21(27)25-20/h1-15H,(H,24,29). The topological polar surface area (TPSA) is 77.1 Å². The number of fused-ring (bicyclic) bond motifs is 1. The largest absolute Gasteiger partial charge is 0.321 e. The number of carbonyl (C=O) groups excluding carboxylic acids is 1. The van der Waals surface area contributed by atoms with Crippen LogP contribution >= 0.6 is 0 Å². The van der Waals surface area contributed by atoms with Gasteiger partial charge in [0.1, 0.15) is 5.65 Å². The summed E-state index contributed by atoms with van der Waals surface area (Å²) < 4.78 is 1.96. The molecule has 29 heavy (non-hydrogen) atoms. The van der Waals surface area contributed by atoms with Crippen molar-refractivity contribution in [2.75, 3.05) is 5.32 Å². The first kappa shape index (κ1) is 16.9. The lowest BCUT2D eigenvalue weighted by Gasteiger charge is -2.05. The number of anilines is 1. The number of nitrogens with one attached hydrogen (secondary N) is 1. The predicted octanol–water partition coefficient (Wildman–Crippen LogP) is 3.83. The lowest BCUT2D eigenvalue weighted by Crippen LogP contribution is -2.13. The second kappa shape index (κ2) is 7.05. The summed E-state index contributed by atoms with van der Waals surface area (Å²) in [6.07, 6.45) is 5.36. The number of hydrogen-bond acceptors (Lipinski definition) is 4. The molecular formula is C22H16N6O. The lowest BCUT2D eigenvalue weighted by molar-refractivity contribution is 0.102. The molecule has 1 amide bonds. The van der Waals surface area contributed by atoms with Crippen LogP contribution in [-0.4, -0.2) is 30.3 Å². The Kier molecular flexibility index (Phi) is 4.10. The minimum absolute atomic E-state index is 0.243. The number of amides is 1. The molecular weight excluding hydrogens is 364 g/mol. The summed E-state index contributed by atoms with van der Waals surface area (Å²) in [5.74, 6) is -0.320. The van der Waals surface area contributed by atoms with Gasteiger partial charge in [-0.2, -0.15) is 9.90 Å². The van der Waals surface area contributed by atoms with Crippen LogP contribution in [0.5, 0.6) is 0 Å². The van der Waals surface area contributed by atoms with E-state index in [4.69, 9.17) is 0 Å². The summed E-state index contributed by atoms with van der Waals surface area (Å²) in [5, 5.41) is 11.3. The van der Waals surface area contributed by atoms with Crippen LogP contribution in [0.2, 0.25) is 0 Å². The molecule has 140 valence electrons. The number of hydrogen-bond donors (Lipinski definition) is 1. The molecule has 0 aliphatic rings. The number of pyridine rings is 1. The molecule has 0 aliphatic carbocycles. The third-order valence-electron chi connectivity index (χ3n) is 4.49. The molecule has 0 saturated heterocycles. The third-order valence-corrected chi connectivity index (χ3v) is 4.49. The fraction of sp³-hybridized carbons (Fsp3) is 0. The quantitative estimate of drug-likeness (QED) is 0.514. The van der Waals surface area contributed by atoms with E-state index in [2.05, 4.69) is 20.5 Å². The molecule has 7 nitrogen and oxygen atoms in total. The molecule has 0 unspecified atom stereocenters. The first-order valence-electron chi connectivity index (χ1n) is 9.09. The highest BCUT2D eigenvalue weighted by molar-refractivity contribution is 6.02. The Hall–Kier alpha value is -4.26. The molecule has 0 saturated carbocycles. The molecule has 3 heterocycles. The summed E-state index contributed by atoms with van der Waals surface area (Å²) in [5.41, 5.74) is 4.32. The Balaban J connectivity index is 1.38. The van der Waals surface area contributed by atoms with Gasteiger partial charge in [-0.1, -0.05) is 36.4 Å². The Morgan fingerprint density at radius 2 is 1.79 bits per heavy atom. The maximum atomic E-state index is 12.6. The van der Waals surface area contributed by atoms with Crippen molar-refractivity contribution in [1.82, 2.24) is 24.4 Å². The Bertz CT molecular complexity index is 1270. The minimum atomic E-state index is -0.320. The zero-order valence-electron chi connectivity index (χ0n) is 15.3. The van der Waals surface area contributed by atoms with Gasteiger partial charge in [-0.15, -0.1) is 5.10 Å². The van der Waals surface area contributed by atoms with Crippen molar-refractivity contribution in [2.24, 2.45) is 0 Å². The molecule has 0 aliphatic heterocycles. The Morgan fingerprint density at radius 3 is 2.66 bits per heavy atom. The van der Waals surface area contributed by atoms with Crippen molar-refractivity contribution in [3.05, 3.63) is 97.1 Å². The Morgan fingerprint density at radius 1 is 0.931 bits per heavy atom. The first-order valence-corrected chi connectivity index (χ1v) is 9.09. The number of para-hydroxylation sites is 1. The lowest BCUT2D eigenvalue weighted by atomic mass is 10.1. The van der Waals surface area contributed by atoms with Crippen molar-refractivity contribution >= 4 is 17.2 Å². The van der Waals surface area contributed by atoms with E-state index in [-0.39, 0.29) is 11.6 Å². The summed E-state index contributed by atoms with van der Waals surface area (Å²) in [6.45, 7) is 0. The maximum absolute atomic E-state index is 12.6. The number of imidazole rings is 1. The highest BCUT2D eigenvalue weighted by Crippen LogP contribution is 2.22. The molecule has 0 fully saturated rings. The van der Waals surface area contributed by atoms with Crippen LogP contribution in [0.4, 0.5) is 5.69 Å². The zero-order valence-corrected chi connectivity index (χ0v) is 15.3. The van der Waals surface area contributed by atoms with Crippen LogP contribution < -0.4 is 5.32 Å². The monoisotopic (exact) mass is 380 g/mol. The molecule has 5 rings (SSSR count). The SMILES string of the molecule is O=C(Nc1cccc(-c2cn3ccccc3n2)c1)c1cnn(-c2ccccc2)n1. The van der Waals surface area contributed by atoms with Gasteiger partial charge in [0.2, 0.25) is 0 Å². The van der Waals surface area contributed by atoms with Crippen LogP contribution in [0.25, 0.3) is 22.6 Å². The minimum Gasteiger partial charge on any atom is -0.321 e. The van der Waals surface area contributed by atoms with Crippen LogP contribution in [0.1, 0.15) is 10.5 Å². The second-order valence-electron chi connectivity index (χ2n) is 6.48. The van der Waals surface area contributed by atoms with E-state index in [0.717, 1.165) is 22.6 Å². The fourth-order valence-electron chi connectivity index (χ4n) is 3.08. The van der Waals surface area contributed by atoms with Crippen LogP contribution in [0.15, 0.2) is 91.4 Å². The predicted molar refractivity (Wildman–Crippen MR) is 110 cm³/mol. The highest BCUT2D eigenvalue weighted by Gasteiger charge is 2.13. The van der Waals surface area contributed by atoms with E-state index in [1.54, 1.807) is 0 Å². The number of benzene rings is 2. The van der Waals surface area contributed by atoms with Gasteiger partial charge in [0, 0.05) is 23.6 Å². The summed E-state index contributed by atoms with van der Waals surface area (Å²) in [4.78, 5) is 18.7. The molecule has 3 aromatic heterocycles. The molecule has 2 aromatic carbocycles. The van der Waals surface area contributed by atoms with Gasteiger partial charge in [0.25, 0.3) is 5.91 Å². The normalized spacial score (nSPS) is 10.9. The van der Waals surface area contributed by atoms with Gasteiger partial charge in [-0.05, 0) is 36.4 Å². The first-order chi connectivity index (χ1) is 14.3. The molecule has 5 aromatic rings. The highest BCUT2D eigenvalue weighted by atomic mass is 16.2. The summed E-state index contributed by atoms with van der Waals surface area (Å²) >= 11 is 0. The van der Waals surface area contributed by atoms with Crippen molar-refractivity contribution in [3.63, 3.8) is 0 Å². The number of aromatic nitrogens is 5. The van der Waals surface area contributed by atoms with Crippen molar-refractivity contribution in [2.45, 2.75) is 0 Å². The second-order valence-corrected chi connectivity index (χ2v) is 6.48. The van der Waals surface area contributed by atoms with Crippen LogP contribution in [0, 0.1) is 0 Å². The fourth-order valence-corrected chi connectivity index (χ4v) is 3.08. The number of rotatable bonds is 4. The van der Waals surface area contributed by atoms with Crippen LogP contribution in [-0.2, 0) is 0 Å². The van der Waals surface area contributed by atoms with E-state index in [1.165, 1.54) is 11.0 Å². The van der Waals surface area contributed by atoms with Gasteiger partial charge >= 0.3 is 0 Å². The molecule has 0 spiro atoms. The molecule has 0 atom stereocenters. The van der Waals surface area contributed by atoms with E-state index in [0.29, 0.717) is 5.69 Å². The van der Waals surface area contributed by atoms with Crippen molar-refractivity contribution in [3.8, 4) is 16.9 Å². The third kappa shape index (κ3) is 3.37. The smallest absolute Gasteiger partial charge is 0.277 e. The van der Waals surface area contributed by atoms with E-state index >= 15 is 0 Å². The molecule has 0 bridgehead atoms. The van der Waals surface area contributed by atoms with Crippen LogP contribution in [0.3, 0.4) is 0 Å².